The molecule has 9 nitrogen and oxygen atoms in total. The van der Waals surface area contributed by atoms with Gasteiger partial charge in [0.1, 0.15) is 17.1 Å². The van der Waals surface area contributed by atoms with Crippen LogP contribution >= 0.6 is 0 Å². The number of esters is 1. The number of fused-ring (bicyclic) bond motifs is 1. The number of pyridine rings is 1. The van der Waals surface area contributed by atoms with E-state index in [1.54, 1.807) is 30.3 Å². The Morgan fingerprint density at radius 3 is 2.47 bits per heavy atom. The highest BCUT2D eigenvalue weighted by atomic mass is 16.5. The number of amides is 2. The fourth-order valence-corrected chi connectivity index (χ4v) is 3.94. The first-order valence-electron chi connectivity index (χ1n) is 11.0. The van der Waals surface area contributed by atoms with Gasteiger partial charge in [0.25, 0.3) is 5.91 Å². The van der Waals surface area contributed by atoms with Gasteiger partial charge in [0, 0.05) is 30.1 Å². The van der Waals surface area contributed by atoms with E-state index in [0.29, 0.717) is 48.4 Å². The minimum Gasteiger partial charge on any atom is -0.481 e. The van der Waals surface area contributed by atoms with Crippen LogP contribution in [0.1, 0.15) is 23.2 Å². The maximum atomic E-state index is 12.4. The monoisotopic (exact) mass is 462 g/mol. The highest BCUT2D eigenvalue weighted by Gasteiger charge is 2.24. The molecule has 1 aliphatic rings. The maximum absolute atomic E-state index is 12.4. The predicted octanol–water partition coefficient (Wildman–Crippen LogP) is 2.74. The van der Waals surface area contributed by atoms with Crippen LogP contribution in [0.2, 0.25) is 0 Å². The van der Waals surface area contributed by atoms with Gasteiger partial charge in [-0.25, -0.2) is 9.78 Å². The molecule has 0 unspecified atom stereocenters. The molecule has 176 valence electrons. The Hall–Kier alpha value is -4.14. The molecular formula is C25H26N4O5. The number of carbonyl (C=O) groups is 3. The molecule has 3 N–H and O–H groups in total. The quantitative estimate of drug-likeness (QED) is 0.518. The normalized spacial score (nSPS) is 14.0. The van der Waals surface area contributed by atoms with Crippen LogP contribution in [0.15, 0.2) is 54.6 Å². The lowest BCUT2D eigenvalue weighted by atomic mass is 9.96. The third kappa shape index (κ3) is 5.25. The molecule has 34 heavy (non-hydrogen) atoms. The number of rotatable bonds is 7. The van der Waals surface area contributed by atoms with Crippen LogP contribution in [0.5, 0.6) is 5.75 Å². The third-order valence-electron chi connectivity index (χ3n) is 5.84. The number of anilines is 2. The zero-order chi connectivity index (χ0) is 24.1. The summed E-state index contributed by atoms with van der Waals surface area (Å²) < 4.78 is 10.5. The van der Waals surface area contributed by atoms with Crippen molar-refractivity contribution in [2.45, 2.75) is 12.8 Å². The van der Waals surface area contributed by atoms with E-state index < -0.39 is 5.97 Å². The van der Waals surface area contributed by atoms with Crippen molar-refractivity contribution < 1.29 is 23.9 Å². The second-order valence-electron chi connectivity index (χ2n) is 8.07. The Morgan fingerprint density at radius 2 is 1.79 bits per heavy atom. The number of aromatic nitrogens is 1. The first-order valence-corrected chi connectivity index (χ1v) is 11.0. The summed E-state index contributed by atoms with van der Waals surface area (Å²) in [7, 11) is 1.31. The van der Waals surface area contributed by atoms with Crippen molar-refractivity contribution in [2.75, 3.05) is 37.0 Å². The highest BCUT2D eigenvalue weighted by molar-refractivity contribution is 5.94. The molecule has 4 rings (SSSR count). The molecule has 1 fully saturated rings. The molecule has 0 spiro atoms. The molecule has 0 aliphatic carbocycles. The van der Waals surface area contributed by atoms with Crippen LogP contribution in [0.3, 0.4) is 0 Å². The van der Waals surface area contributed by atoms with Crippen molar-refractivity contribution in [3.63, 3.8) is 0 Å². The van der Waals surface area contributed by atoms with Crippen molar-refractivity contribution in [3.05, 3.63) is 60.2 Å². The molecule has 1 aliphatic heterocycles. The van der Waals surface area contributed by atoms with Gasteiger partial charge >= 0.3 is 5.97 Å². The maximum Gasteiger partial charge on any atom is 0.337 e. The molecule has 9 heteroatoms. The van der Waals surface area contributed by atoms with Gasteiger partial charge in [-0.15, -0.1) is 0 Å². The molecule has 2 amide bonds. The number of nitrogens with zero attached hydrogens (tertiary/aromatic N) is 2. The standard InChI is InChI=1S/C25H26N4O5/c1-33-25(32)18-5-8-19(9-6-18)27-22(30)15-34-20-4-2-3-16-7-10-21(28-23(16)20)29-13-11-17(12-14-29)24(26)31/h2-10,17H,11-15H2,1H3,(H2,26,31)(H,27,30). The molecule has 0 bridgehead atoms. The third-order valence-corrected chi connectivity index (χ3v) is 5.84. The Balaban J connectivity index is 1.41. The lowest BCUT2D eigenvalue weighted by Crippen LogP contribution is -2.38. The lowest BCUT2D eigenvalue weighted by Gasteiger charge is -2.31. The molecule has 0 atom stereocenters. The van der Waals surface area contributed by atoms with E-state index in [2.05, 4.69) is 15.0 Å². The van der Waals surface area contributed by atoms with Crippen molar-refractivity contribution in [1.82, 2.24) is 4.98 Å². The van der Waals surface area contributed by atoms with Crippen LogP contribution in [-0.2, 0) is 14.3 Å². The van der Waals surface area contributed by atoms with Gasteiger partial charge in [-0.3, -0.25) is 9.59 Å². The number of benzene rings is 2. The topological polar surface area (TPSA) is 124 Å². The Bertz CT molecular complexity index is 1200. The fraction of sp³-hybridized carbons (Fsp3) is 0.280. The average Bonchev–Trinajstić information content (AvgIpc) is 2.87. The molecule has 0 saturated carbocycles. The molecule has 2 aromatic carbocycles. The van der Waals surface area contributed by atoms with Crippen LogP contribution in [-0.4, -0.2) is 49.6 Å². The van der Waals surface area contributed by atoms with Crippen LogP contribution < -0.4 is 20.7 Å². The molecule has 3 aromatic rings. The number of carbonyl (C=O) groups excluding carboxylic acids is 3. The van der Waals surface area contributed by atoms with E-state index in [-0.39, 0.29) is 24.3 Å². The summed E-state index contributed by atoms with van der Waals surface area (Å²) in [6.07, 6.45) is 1.40. The van der Waals surface area contributed by atoms with Crippen LogP contribution in [0.25, 0.3) is 10.9 Å². The first kappa shape index (κ1) is 23.0. The number of ether oxygens (including phenoxy) is 2. The number of nitrogens with one attached hydrogen (secondary N) is 1. The van der Waals surface area contributed by atoms with Gasteiger partial charge < -0.3 is 25.4 Å². The number of para-hydroxylation sites is 1. The summed E-state index contributed by atoms with van der Waals surface area (Å²) in [6.45, 7) is 1.20. The lowest BCUT2D eigenvalue weighted by molar-refractivity contribution is -0.122. The van der Waals surface area contributed by atoms with E-state index in [1.165, 1.54) is 7.11 Å². The van der Waals surface area contributed by atoms with Crippen molar-refractivity contribution in [1.29, 1.82) is 0 Å². The second kappa shape index (κ2) is 10.2. The molecule has 1 aromatic heterocycles. The molecule has 2 heterocycles. The van der Waals surface area contributed by atoms with Crippen molar-refractivity contribution in [2.24, 2.45) is 11.7 Å². The van der Waals surface area contributed by atoms with E-state index in [9.17, 15) is 14.4 Å². The largest absolute Gasteiger partial charge is 0.481 e. The zero-order valence-electron chi connectivity index (χ0n) is 18.8. The summed E-state index contributed by atoms with van der Waals surface area (Å²) in [5, 5.41) is 3.63. The molecule has 1 saturated heterocycles. The minimum absolute atomic E-state index is 0.0919. The van der Waals surface area contributed by atoms with Gasteiger partial charge in [0.2, 0.25) is 5.91 Å². The summed E-state index contributed by atoms with van der Waals surface area (Å²) in [6, 6.07) is 15.9. The highest BCUT2D eigenvalue weighted by Crippen LogP contribution is 2.28. The van der Waals surface area contributed by atoms with Gasteiger partial charge in [0.15, 0.2) is 6.61 Å². The summed E-state index contributed by atoms with van der Waals surface area (Å²) in [5.74, 6) is 0.170. The fourth-order valence-electron chi connectivity index (χ4n) is 3.94. The number of hydrogen-bond acceptors (Lipinski definition) is 7. The first-order chi connectivity index (χ1) is 16.4. The van der Waals surface area contributed by atoms with Gasteiger partial charge in [-0.2, -0.15) is 0 Å². The second-order valence-corrected chi connectivity index (χ2v) is 8.07. The number of hydrogen-bond donors (Lipinski definition) is 2. The predicted molar refractivity (Wildman–Crippen MR) is 128 cm³/mol. The average molecular weight is 463 g/mol. The van der Waals surface area contributed by atoms with Crippen LogP contribution in [0.4, 0.5) is 11.5 Å². The zero-order valence-corrected chi connectivity index (χ0v) is 18.8. The van der Waals surface area contributed by atoms with Gasteiger partial charge in [-0.05, 0) is 55.3 Å². The number of primary amides is 1. The van der Waals surface area contributed by atoms with Crippen LogP contribution in [0, 0.1) is 5.92 Å². The smallest absolute Gasteiger partial charge is 0.337 e. The van der Waals surface area contributed by atoms with Crippen molar-refractivity contribution >= 4 is 40.2 Å². The van der Waals surface area contributed by atoms with E-state index >= 15 is 0 Å². The SMILES string of the molecule is COC(=O)c1ccc(NC(=O)COc2cccc3ccc(N4CCC(C(N)=O)CC4)nc23)cc1. The van der Waals surface area contributed by atoms with E-state index in [0.717, 1.165) is 11.2 Å². The number of methoxy groups -OCH3 is 1. The summed E-state index contributed by atoms with van der Waals surface area (Å²) >= 11 is 0. The van der Waals surface area contributed by atoms with Gasteiger partial charge in [-0.1, -0.05) is 12.1 Å². The Morgan fingerprint density at radius 1 is 1.06 bits per heavy atom. The van der Waals surface area contributed by atoms with Gasteiger partial charge in [0.05, 0.1) is 12.7 Å². The minimum atomic E-state index is -0.443. The number of nitrogens with two attached hydrogens (primary N) is 1. The van der Waals surface area contributed by atoms with Crippen molar-refractivity contribution in [3.8, 4) is 5.75 Å². The Kier molecular flexibility index (Phi) is 6.91. The Labute approximate surface area is 196 Å². The molecular weight excluding hydrogens is 436 g/mol. The summed E-state index contributed by atoms with van der Waals surface area (Å²) in [4.78, 5) is 42.3. The summed E-state index contributed by atoms with van der Waals surface area (Å²) in [5.41, 5.74) is 7.03. The van der Waals surface area contributed by atoms with E-state index in [4.69, 9.17) is 15.5 Å². The van der Waals surface area contributed by atoms with E-state index in [1.807, 2.05) is 24.3 Å². The molecule has 0 radical (unpaired) electrons. The number of piperidine rings is 1.